The fourth-order valence-electron chi connectivity index (χ4n) is 0.943. The standard InChI is InChI=1S/C8H13NO/c1-8(2)9(10)6-4-3-5-7-9/h3-6,8H,7H2,1-2H3. The number of nitrogens with zero attached hydrogens (tertiary/aromatic N) is 1. The molecule has 1 aliphatic rings. The van der Waals surface area contributed by atoms with Gasteiger partial charge in [-0.2, -0.15) is 0 Å². The number of rotatable bonds is 1. The molecule has 2 heteroatoms. The molecule has 0 bridgehead atoms. The first-order valence-electron chi connectivity index (χ1n) is 3.58. The van der Waals surface area contributed by atoms with Gasteiger partial charge in [-0.05, 0) is 26.0 Å². The number of hydroxylamine groups is 3. The van der Waals surface area contributed by atoms with Crippen LogP contribution in [0.2, 0.25) is 0 Å². The van der Waals surface area contributed by atoms with E-state index in [1.165, 1.54) is 0 Å². The molecule has 1 aliphatic heterocycles. The fraction of sp³-hybridized carbons (Fsp3) is 0.500. The largest absolute Gasteiger partial charge is 0.627 e. The second kappa shape index (κ2) is 2.56. The Bertz CT molecular complexity index is 172. The van der Waals surface area contributed by atoms with Crippen LogP contribution in [-0.2, 0) is 0 Å². The van der Waals surface area contributed by atoms with Gasteiger partial charge in [-0.25, -0.2) is 0 Å². The van der Waals surface area contributed by atoms with E-state index in [1.807, 2.05) is 32.1 Å². The van der Waals surface area contributed by atoms with Crippen molar-refractivity contribution in [2.75, 3.05) is 6.54 Å². The van der Waals surface area contributed by atoms with Crippen molar-refractivity contribution < 1.29 is 4.65 Å². The number of hydrogen-bond donors (Lipinski definition) is 0. The molecule has 0 aromatic carbocycles. The maximum atomic E-state index is 11.6. The maximum absolute atomic E-state index is 11.6. The van der Waals surface area contributed by atoms with Gasteiger partial charge in [-0.15, -0.1) is 0 Å². The number of quaternary nitrogens is 1. The minimum Gasteiger partial charge on any atom is -0.627 e. The van der Waals surface area contributed by atoms with Gasteiger partial charge in [0.15, 0.2) is 0 Å². The Labute approximate surface area is 61.6 Å². The molecule has 0 saturated carbocycles. The Morgan fingerprint density at radius 3 is 2.40 bits per heavy atom. The van der Waals surface area contributed by atoms with E-state index in [0.717, 1.165) is 0 Å². The van der Waals surface area contributed by atoms with Crippen LogP contribution in [0.25, 0.3) is 0 Å². The van der Waals surface area contributed by atoms with Crippen molar-refractivity contribution in [3.05, 3.63) is 29.6 Å². The van der Waals surface area contributed by atoms with Gasteiger partial charge in [-0.3, -0.25) is 0 Å². The highest BCUT2D eigenvalue weighted by atomic mass is 16.5. The molecule has 1 unspecified atom stereocenters. The van der Waals surface area contributed by atoms with Crippen LogP contribution >= 0.6 is 0 Å². The molecule has 1 rings (SSSR count). The smallest absolute Gasteiger partial charge is 0.102 e. The molecule has 0 saturated heterocycles. The topological polar surface area (TPSA) is 23.1 Å². The molecule has 1 heterocycles. The second-order valence-electron chi connectivity index (χ2n) is 2.90. The molecule has 0 aliphatic carbocycles. The third-order valence-corrected chi connectivity index (χ3v) is 1.85. The van der Waals surface area contributed by atoms with Crippen LogP contribution in [0.1, 0.15) is 13.8 Å². The second-order valence-corrected chi connectivity index (χ2v) is 2.90. The van der Waals surface area contributed by atoms with Crippen LogP contribution in [0, 0.1) is 5.21 Å². The van der Waals surface area contributed by atoms with Crippen molar-refractivity contribution in [1.82, 2.24) is 0 Å². The Hall–Kier alpha value is -0.600. The zero-order valence-electron chi connectivity index (χ0n) is 6.45. The first-order chi connectivity index (χ1) is 4.65. The van der Waals surface area contributed by atoms with Crippen LogP contribution in [0.15, 0.2) is 24.4 Å². The average Bonchev–Trinajstić information content (AvgIpc) is 1.89. The molecule has 56 valence electrons. The van der Waals surface area contributed by atoms with E-state index in [-0.39, 0.29) is 10.7 Å². The van der Waals surface area contributed by atoms with Crippen LogP contribution < -0.4 is 0 Å². The minimum absolute atomic E-state index is 0.126. The van der Waals surface area contributed by atoms with Gasteiger partial charge in [0, 0.05) is 0 Å². The highest BCUT2D eigenvalue weighted by Crippen LogP contribution is 2.15. The summed E-state index contributed by atoms with van der Waals surface area (Å²) in [4.78, 5) is 0. The average molecular weight is 139 g/mol. The lowest BCUT2D eigenvalue weighted by atomic mass is 10.2. The van der Waals surface area contributed by atoms with Gasteiger partial charge >= 0.3 is 0 Å². The molecule has 1 atom stereocenters. The molecule has 0 N–H and O–H groups in total. The predicted octanol–water partition coefficient (Wildman–Crippen LogP) is 1.79. The molecular weight excluding hydrogens is 126 g/mol. The van der Waals surface area contributed by atoms with E-state index in [0.29, 0.717) is 6.54 Å². The minimum atomic E-state index is -0.212. The summed E-state index contributed by atoms with van der Waals surface area (Å²) in [7, 11) is 0. The zero-order valence-corrected chi connectivity index (χ0v) is 6.45. The summed E-state index contributed by atoms with van der Waals surface area (Å²) in [6.07, 6.45) is 7.34. The number of allylic oxidation sites excluding steroid dienone is 2. The summed E-state index contributed by atoms with van der Waals surface area (Å²) in [5.74, 6) is 0. The van der Waals surface area contributed by atoms with Crippen LogP contribution in [-0.4, -0.2) is 17.2 Å². The van der Waals surface area contributed by atoms with Crippen LogP contribution in [0.5, 0.6) is 0 Å². The van der Waals surface area contributed by atoms with E-state index in [4.69, 9.17) is 0 Å². The molecule has 0 radical (unpaired) electrons. The summed E-state index contributed by atoms with van der Waals surface area (Å²) in [5, 5.41) is 11.6. The van der Waals surface area contributed by atoms with E-state index < -0.39 is 0 Å². The Morgan fingerprint density at radius 1 is 1.40 bits per heavy atom. The Balaban J connectivity index is 2.70. The molecular formula is C8H13NO. The lowest BCUT2D eigenvalue weighted by Crippen LogP contribution is -2.43. The van der Waals surface area contributed by atoms with E-state index in [9.17, 15) is 5.21 Å². The van der Waals surface area contributed by atoms with Gasteiger partial charge in [0.25, 0.3) is 0 Å². The fourth-order valence-corrected chi connectivity index (χ4v) is 0.943. The molecule has 2 nitrogen and oxygen atoms in total. The van der Waals surface area contributed by atoms with E-state index in [1.54, 1.807) is 6.20 Å². The van der Waals surface area contributed by atoms with Gasteiger partial charge in [0.2, 0.25) is 0 Å². The van der Waals surface area contributed by atoms with Gasteiger partial charge in [0.05, 0.1) is 12.2 Å². The summed E-state index contributed by atoms with van der Waals surface area (Å²) in [5.41, 5.74) is 0. The van der Waals surface area contributed by atoms with Crippen LogP contribution in [0.3, 0.4) is 0 Å². The normalized spacial score (nSPS) is 31.6. The Morgan fingerprint density at radius 2 is 2.10 bits per heavy atom. The summed E-state index contributed by atoms with van der Waals surface area (Å²) < 4.78 is -0.212. The summed E-state index contributed by atoms with van der Waals surface area (Å²) in [6.45, 7) is 4.46. The predicted molar refractivity (Wildman–Crippen MR) is 41.9 cm³/mol. The monoisotopic (exact) mass is 139 g/mol. The third-order valence-electron chi connectivity index (χ3n) is 1.85. The molecule has 0 aromatic heterocycles. The van der Waals surface area contributed by atoms with Crippen molar-refractivity contribution in [2.45, 2.75) is 19.9 Å². The van der Waals surface area contributed by atoms with Gasteiger partial charge in [0.1, 0.15) is 6.54 Å². The quantitative estimate of drug-likeness (QED) is 0.401. The van der Waals surface area contributed by atoms with Gasteiger partial charge < -0.3 is 9.85 Å². The van der Waals surface area contributed by atoms with E-state index in [2.05, 4.69) is 0 Å². The van der Waals surface area contributed by atoms with E-state index >= 15 is 0 Å². The molecule has 0 spiro atoms. The van der Waals surface area contributed by atoms with Crippen LogP contribution in [0.4, 0.5) is 0 Å². The highest BCUT2D eigenvalue weighted by Gasteiger charge is 2.17. The molecule has 0 aromatic rings. The SMILES string of the molecule is CC(C)[N+]1([O-])C=CC=CC1. The van der Waals surface area contributed by atoms with Crippen molar-refractivity contribution in [1.29, 1.82) is 0 Å². The Kier molecular flexibility index (Phi) is 1.92. The third kappa shape index (κ3) is 1.28. The molecule has 0 fully saturated rings. The lowest BCUT2D eigenvalue weighted by Gasteiger charge is -2.43. The first kappa shape index (κ1) is 7.51. The van der Waals surface area contributed by atoms with Crippen molar-refractivity contribution in [2.24, 2.45) is 0 Å². The highest BCUT2D eigenvalue weighted by molar-refractivity contribution is 5.04. The zero-order chi connectivity index (χ0) is 7.61. The first-order valence-corrected chi connectivity index (χ1v) is 3.58. The number of hydrogen-bond acceptors (Lipinski definition) is 1. The van der Waals surface area contributed by atoms with Crippen molar-refractivity contribution in [3.63, 3.8) is 0 Å². The molecule has 0 amide bonds. The molecule has 10 heavy (non-hydrogen) atoms. The van der Waals surface area contributed by atoms with Gasteiger partial charge in [-0.1, -0.05) is 6.08 Å². The maximum Gasteiger partial charge on any atom is 0.102 e. The summed E-state index contributed by atoms with van der Waals surface area (Å²) in [6, 6.07) is 0.126. The summed E-state index contributed by atoms with van der Waals surface area (Å²) >= 11 is 0. The van der Waals surface area contributed by atoms with Crippen molar-refractivity contribution in [3.8, 4) is 0 Å². The van der Waals surface area contributed by atoms with Crippen molar-refractivity contribution >= 4 is 0 Å². The lowest BCUT2D eigenvalue weighted by molar-refractivity contribution is -0.846.